The van der Waals surface area contributed by atoms with Crippen LogP contribution >= 0.6 is 0 Å². The minimum absolute atomic E-state index is 0.863. The summed E-state index contributed by atoms with van der Waals surface area (Å²) in [5.74, 6) is 1.09. The number of benzene rings is 6. The third-order valence-corrected chi connectivity index (χ3v) is 9.26. The van der Waals surface area contributed by atoms with Gasteiger partial charge in [-0.25, -0.2) is 4.98 Å². The van der Waals surface area contributed by atoms with Crippen molar-refractivity contribution in [3.8, 4) is 16.8 Å². The smallest absolute Gasteiger partial charge is 0.114 e. The molecular formula is C41H31N3. The number of aromatic nitrogens is 2. The van der Waals surface area contributed by atoms with Crippen LogP contribution in [0.2, 0.25) is 0 Å². The quantitative estimate of drug-likeness (QED) is 0.198. The molecular weight excluding hydrogens is 534 g/mol. The summed E-state index contributed by atoms with van der Waals surface area (Å²) in [7, 11) is 0. The molecule has 44 heavy (non-hydrogen) atoms. The van der Waals surface area contributed by atoms with Gasteiger partial charge in [0.25, 0.3) is 0 Å². The monoisotopic (exact) mass is 565 g/mol. The first-order chi connectivity index (χ1) is 21.8. The zero-order valence-electron chi connectivity index (χ0n) is 24.7. The molecule has 0 bridgehead atoms. The van der Waals surface area contributed by atoms with E-state index in [2.05, 4.69) is 150 Å². The van der Waals surface area contributed by atoms with Gasteiger partial charge in [-0.1, -0.05) is 104 Å². The molecule has 0 radical (unpaired) electrons. The summed E-state index contributed by atoms with van der Waals surface area (Å²) in [6.07, 6.45) is 10.1. The summed E-state index contributed by atoms with van der Waals surface area (Å²) in [6.45, 7) is 2.19. The molecule has 1 aliphatic heterocycles. The van der Waals surface area contributed by atoms with Crippen molar-refractivity contribution in [2.75, 3.05) is 4.90 Å². The molecule has 0 saturated carbocycles. The summed E-state index contributed by atoms with van der Waals surface area (Å²) in [5.41, 5.74) is 12.0. The minimum atomic E-state index is 0.863. The number of allylic oxidation sites excluding steroid dienone is 4. The van der Waals surface area contributed by atoms with E-state index in [1.807, 2.05) is 0 Å². The second-order valence-corrected chi connectivity index (χ2v) is 11.7. The molecule has 210 valence electrons. The fraction of sp³-hybridized carbons (Fsp3) is 0.0976. The fourth-order valence-electron chi connectivity index (χ4n) is 7.42. The Morgan fingerprint density at radius 1 is 0.636 bits per heavy atom. The van der Waals surface area contributed by atoms with Crippen LogP contribution in [-0.2, 0) is 6.42 Å². The predicted octanol–water partition coefficient (Wildman–Crippen LogP) is 11.1. The summed E-state index contributed by atoms with van der Waals surface area (Å²) in [4.78, 5) is 7.49. The van der Waals surface area contributed by atoms with Gasteiger partial charge in [-0.3, -0.25) is 4.57 Å². The van der Waals surface area contributed by atoms with Gasteiger partial charge in [0.1, 0.15) is 5.82 Å². The number of fused-ring (bicyclic) bond motifs is 4. The molecule has 2 aliphatic rings. The minimum Gasteiger partial charge on any atom is -0.306 e. The Hall–Kier alpha value is -5.41. The Bertz CT molecular complexity index is 2260. The predicted molar refractivity (Wildman–Crippen MR) is 185 cm³/mol. The van der Waals surface area contributed by atoms with Gasteiger partial charge in [-0.15, -0.1) is 0 Å². The molecule has 3 heteroatoms. The van der Waals surface area contributed by atoms with Crippen LogP contribution in [0.4, 0.5) is 17.1 Å². The molecule has 0 fully saturated rings. The Labute approximate surface area is 257 Å². The van der Waals surface area contributed by atoms with Crippen LogP contribution in [0.5, 0.6) is 0 Å². The number of rotatable bonds is 4. The highest BCUT2D eigenvalue weighted by Crippen LogP contribution is 2.50. The zero-order chi connectivity index (χ0) is 29.2. The SMILES string of the molecule is CCc1nc2cccc3c2n1-c1ccc(-c2c4ccccc4c(C4=CCCC=C4)c4ccccc24)cc1N3c1ccccc1. The maximum Gasteiger partial charge on any atom is 0.114 e. The number of anilines is 3. The van der Waals surface area contributed by atoms with Gasteiger partial charge in [-0.05, 0) is 93.0 Å². The second kappa shape index (κ2) is 9.82. The molecule has 0 amide bonds. The van der Waals surface area contributed by atoms with Gasteiger partial charge < -0.3 is 4.90 Å². The first-order valence-electron chi connectivity index (χ1n) is 15.6. The Morgan fingerprint density at radius 2 is 1.34 bits per heavy atom. The molecule has 2 heterocycles. The van der Waals surface area contributed by atoms with Crippen molar-refractivity contribution in [1.29, 1.82) is 0 Å². The fourth-order valence-corrected chi connectivity index (χ4v) is 7.42. The standard InChI is InChI=1S/C41H31N3/c1-2-38-42-34-22-13-23-36-41(34)44(38)35-25-24-28(26-37(35)43(36)29-16-7-4-8-17-29)40-32-20-11-9-18-30(32)39(27-14-5-3-6-15-27)31-19-10-12-21-33(31)40/h4-5,7-26H,2-3,6H2,1H3. The van der Waals surface area contributed by atoms with Crippen LogP contribution < -0.4 is 4.90 Å². The van der Waals surface area contributed by atoms with Crippen LogP contribution in [0.1, 0.15) is 31.2 Å². The number of nitrogens with zero attached hydrogens (tertiary/aromatic N) is 3. The van der Waals surface area contributed by atoms with Gasteiger partial charge in [0.2, 0.25) is 0 Å². The molecule has 0 saturated heterocycles. The normalized spacial score (nSPS) is 13.9. The van der Waals surface area contributed by atoms with Crippen LogP contribution in [0.25, 0.3) is 55.0 Å². The lowest BCUT2D eigenvalue weighted by Crippen LogP contribution is -2.19. The first-order valence-corrected chi connectivity index (χ1v) is 15.6. The van der Waals surface area contributed by atoms with Crippen molar-refractivity contribution in [2.24, 2.45) is 0 Å². The molecule has 3 nitrogen and oxygen atoms in total. The Morgan fingerprint density at radius 3 is 2.02 bits per heavy atom. The van der Waals surface area contributed by atoms with Crippen LogP contribution in [-0.4, -0.2) is 9.55 Å². The summed E-state index contributed by atoms with van der Waals surface area (Å²) in [5, 5.41) is 5.16. The van der Waals surface area contributed by atoms with Crippen molar-refractivity contribution in [3.05, 3.63) is 145 Å². The van der Waals surface area contributed by atoms with Crippen molar-refractivity contribution in [3.63, 3.8) is 0 Å². The van der Waals surface area contributed by atoms with E-state index in [0.29, 0.717) is 0 Å². The van der Waals surface area contributed by atoms with Crippen LogP contribution in [0.3, 0.4) is 0 Å². The number of hydrogen-bond acceptors (Lipinski definition) is 2. The third kappa shape index (κ3) is 3.59. The summed E-state index contributed by atoms with van der Waals surface area (Å²) < 4.78 is 2.38. The Balaban J connectivity index is 1.37. The van der Waals surface area contributed by atoms with Crippen LogP contribution in [0, 0.1) is 0 Å². The molecule has 9 rings (SSSR count). The lowest BCUT2D eigenvalue weighted by Gasteiger charge is -2.33. The molecule has 1 aromatic heterocycles. The maximum absolute atomic E-state index is 5.07. The van der Waals surface area contributed by atoms with Crippen molar-refractivity contribution < 1.29 is 0 Å². The topological polar surface area (TPSA) is 21.1 Å². The zero-order valence-corrected chi connectivity index (χ0v) is 24.7. The van der Waals surface area contributed by atoms with Crippen molar-refractivity contribution in [1.82, 2.24) is 9.55 Å². The van der Waals surface area contributed by atoms with Gasteiger partial charge in [0, 0.05) is 12.1 Å². The van der Waals surface area contributed by atoms with E-state index in [0.717, 1.165) is 47.7 Å². The number of aryl methyl sites for hydroxylation is 1. The largest absolute Gasteiger partial charge is 0.306 e. The van der Waals surface area contributed by atoms with Crippen LogP contribution in [0.15, 0.2) is 133 Å². The second-order valence-electron chi connectivity index (χ2n) is 11.7. The van der Waals surface area contributed by atoms with E-state index in [4.69, 9.17) is 4.98 Å². The molecule has 0 unspecified atom stereocenters. The van der Waals surface area contributed by atoms with Gasteiger partial charge in [0.05, 0.1) is 28.1 Å². The van der Waals surface area contributed by atoms with E-state index in [9.17, 15) is 0 Å². The van der Waals surface area contributed by atoms with E-state index in [1.165, 1.54) is 55.0 Å². The van der Waals surface area contributed by atoms with E-state index >= 15 is 0 Å². The van der Waals surface area contributed by atoms with Crippen molar-refractivity contribution in [2.45, 2.75) is 26.2 Å². The van der Waals surface area contributed by atoms with Gasteiger partial charge in [-0.2, -0.15) is 0 Å². The van der Waals surface area contributed by atoms with Gasteiger partial charge in [0.15, 0.2) is 0 Å². The number of para-hydroxylation sites is 2. The average molecular weight is 566 g/mol. The molecule has 6 aromatic carbocycles. The number of imidazole rings is 1. The number of hydrogen-bond donors (Lipinski definition) is 0. The lowest BCUT2D eigenvalue weighted by molar-refractivity contribution is 0.900. The summed E-state index contributed by atoms with van der Waals surface area (Å²) in [6, 6.07) is 42.1. The molecule has 0 atom stereocenters. The average Bonchev–Trinajstić information content (AvgIpc) is 3.48. The highest BCUT2D eigenvalue weighted by Gasteiger charge is 2.29. The third-order valence-electron chi connectivity index (χ3n) is 9.26. The first kappa shape index (κ1) is 25.1. The Kier molecular flexibility index (Phi) is 5.61. The van der Waals surface area contributed by atoms with E-state index < -0.39 is 0 Å². The highest BCUT2D eigenvalue weighted by atomic mass is 15.2. The molecule has 7 aromatic rings. The van der Waals surface area contributed by atoms with E-state index in [-0.39, 0.29) is 0 Å². The lowest BCUT2D eigenvalue weighted by atomic mass is 9.84. The maximum atomic E-state index is 5.07. The molecule has 1 aliphatic carbocycles. The molecule has 0 N–H and O–H groups in total. The summed E-state index contributed by atoms with van der Waals surface area (Å²) >= 11 is 0. The van der Waals surface area contributed by atoms with E-state index in [1.54, 1.807) is 0 Å². The van der Waals surface area contributed by atoms with Gasteiger partial charge >= 0.3 is 0 Å². The van der Waals surface area contributed by atoms with Crippen molar-refractivity contribution >= 4 is 55.2 Å². The molecule has 0 spiro atoms. The highest BCUT2D eigenvalue weighted by molar-refractivity contribution is 6.20.